The molecule has 0 saturated heterocycles. The highest BCUT2D eigenvalue weighted by molar-refractivity contribution is 7.90. The van der Waals surface area contributed by atoms with Gasteiger partial charge >= 0.3 is 6.18 Å². The molecule has 0 fully saturated rings. The number of rotatable bonds is 3. The van der Waals surface area contributed by atoms with Crippen LogP contribution in [0.15, 0.2) is 4.40 Å². The molecule has 0 aromatic rings. The maximum Gasteiger partial charge on any atom is 0.420 e. The van der Waals surface area contributed by atoms with Gasteiger partial charge in [-0.3, -0.25) is 0 Å². The predicted molar refractivity (Wildman–Crippen MR) is 37.6 cm³/mol. The van der Waals surface area contributed by atoms with Crippen LogP contribution >= 0.6 is 0 Å². The lowest BCUT2D eigenvalue weighted by atomic mass is 10.6. The molecule has 0 saturated carbocycles. The smallest absolute Gasteiger partial charge is 0.420 e. The van der Waals surface area contributed by atoms with Crippen LogP contribution < -0.4 is 5.11 Å². The molecule has 0 heterocycles. The molecule has 0 bridgehead atoms. The van der Waals surface area contributed by atoms with E-state index in [4.69, 9.17) is 0 Å². The summed E-state index contributed by atoms with van der Waals surface area (Å²) in [4.78, 5) is 0. The third kappa shape index (κ3) is 4.71. The van der Waals surface area contributed by atoms with Crippen LogP contribution in [0.5, 0.6) is 0 Å². The summed E-state index contributed by atoms with van der Waals surface area (Å²) in [6, 6.07) is 0. The summed E-state index contributed by atoms with van der Waals surface area (Å²) in [7, 11) is -4.26. The average molecular weight is 218 g/mol. The highest BCUT2D eigenvalue weighted by Gasteiger charge is 2.29. The lowest BCUT2D eigenvalue weighted by Crippen LogP contribution is -2.35. The first-order valence-corrected chi connectivity index (χ1v) is 4.87. The highest BCUT2D eigenvalue weighted by Crippen LogP contribution is 2.15. The Balaban J connectivity index is 4.76. The van der Waals surface area contributed by atoms with Crippen molar-refractivity contribution in [2.45, 2.75) is 19.5 Å². The summed E-state index contributed by atoms with van der Waals surface area (Å²) >= 11 is 0. The van der Waals surface area contributed by atoms with Crippen molar-refractivity contribution >= 4 is 15.9 Å². The monoisotopic (exact) mass is 218 g/mol. The van der Waals surface area contributed by atoms with E-state index in [1.807, 2.05) is 0 Å². The Morgan fingerprint density at radius 2 is 1.92 bits per heavy atom. The quantitative estimate of drug-likeness (QED) is 0.496. The molecule has 0 aliphatic rings. The second-order valence-electron chi connectivity index (χ2n) is 2.18. The Morgan fingerprint density at radius 3 is 2.23 bits per heavy atom. The van der Waals surface area contributed by atoms with Gasteiger partial charge in [0.1, 0.15) is 0 Å². The maximum absolute atomic E-state index is 11.5. The molecule has 8 heteroatoms. The van der Waals surface area contributed by atoms with Crippen molar-refractivity contribution in [1.82, 2.24) is 0 Å². The molecule has 78 valence electrons. The van der Waals surface area contributed by atoms with Crippen LogP contribution in [-0.2, 0) is 10.0 Å². The molecule has 0 aliphatic carbocycles. The van der Waals surface area contributed by atoms with E-state index in [0.29, 0.717) is 0 Å². The molecule has 0 radical (unpaired) electrons. The number of hydrogen-bond donors (Lipinski definition) is 0. The first kappa shape index (κ1) is 12.2. The van der Waals surface area contributed by atoms with Crippen LogP contribution in [0.25, 0.3) is 0 Å². The Labute approximate surface area is 73.1 Å². The SMILES string of the molecule is CCCS(=O)(=O)/N=C(\[O-])C(F)(F)F. The standard InChI is InChI=1S/C5H8F3NO3S/c1-2-3-13(11,12)9-4(10)5(6,7)8/h2-3H2,1H3,(H,9,10)/p-1. The molecule has 13 heavy (non-hydrogen) atoms. The fourth-order valence-corrected chi connectivity index (χ4v) is 1.45. The van der Waals surface area contributed by atoms with Gasteiger partial charge in [0.05, 0.1) is 11.7 Å². The van der Waals surface area contributed by atoms with E-state index >= 15 is 0 Å². The fraction of sp³-hybridized carbons (Fsp3) is 0.800. The van der Waals surface area contributed by atoms with Gasteiger partial charge in [0.25, 0.3) is 10.0 Å². The van der Waals surface area contributed by atoms with E-state index in [2.05, 4.69) is 4.40 Å². The molecule has 0 atom stereocenters. The van der Waals surface area contributed by atoms with E-state index in [9.17, 15) is 26.7 Å². The van der Waals surface area contributed by atoms with Crippen molar-refractivity contribution in [1.29, 1.82) is 0 Å². The number of alkyl halides is 3. The van der Waals surface area contributed by atoms with Crippen molar-refractivity contribution < 1.29 is 26.7 Å². The second-order valence-corrected chi connectivity index (χ2v) is 3.93. The number of halogens is 3. The van der Waals surface area contributed by atoms with E-state index < -0.39 is 27.9 Å². The molecular formula is C5H7F3NO3S-. The summed E-state index contributed by atoms with van der Waals surface area (Å²) < 4.78 is 57.8. The average Bonchev–Trinajstić information content (AvgIpc) is 1.83. The molecule has 0 rings (SSSR count). The zero-order valence-electron chi connectivity index (χ0n) is 6.63. The molecule has 0 unspecified atom stereocenters. The fourth-order valence-electron chi connectivity index (χ4n) is 0.482. The van der Waals surface area contributed by atoms with Gasteiger partial charge in [-0.05, 0) is 6.42 Å². The molecule has 4 nitrogen and oxygen atoms in total. The Bertz CT molecular complexity index is 293. The summed E-state index contributed by atoms with van der Waals surface area (Å²) in [5.74, 6) is -3.14. The Hall–Kier alpha value is -0.790. The minimum atomic E-state index is -5.22. The minimum Gasteiger partial charge on any atom is -0.855 e. The van der Waals surface area contributed by atoms with Crippen LogP contribution in [0, 0.1) is 0 Å². The first-order chi connectivity index (χ1) is 5.69. The number of hydrogen-bond acceptors (Lipinski definition) is 3. The lowest BCUT2D eigenvalue weighted by molar-refractivity contribution is -0.261. The summed E-state index contributed by atoms with van der Waals surface area (Å²) in [6.45, 7) is 1.45. The van der Waals surface area contributed by atoms with Gasteiger partial charge in [0.2, 0.25) is 0 Å². The zero-order valence-corrected chi connectivity index (χ0v) is 7.44. The topological polar surface area (TPSA) is 69.6 Å². The van der Waals surface area contributed by atoms with Crippen molar-refractivity contribution in [3.05, 3.63) is 0 Å². The maximum atomic E-state index is 11.5. The third-order valence-corrected chi connectivity index (χ3v) is 2.29. The lowest BCUT2D eigenvalue weighted by Gasteiger charge is -2.13. The highest BCUT2D eigenvalue weighted by atomic mass is 32.2. The van der Waals surface area contributed by atoms with Gasteiger partial charge in [-0.1, -0.05) is 6.92 Å². The Morgan fingerprint density at radius 1 is 1.46 bits per heavy atom. The van der Waals surface area contributed by atoms with Crippen molar-refractivity contribution in [3.63, 3.8) is 0 Å². The van der Waals surface area contributed by atoms with Crippen molar-refractivity contribution in [3.8, 4) is 0 Å². The van der Waals surface area contributed by atoms with Gasteiger partial charge in [-0.2, -0.15) is 17.6 Å². The zero-order chi connectivity index (χ0) is 10.7. The van der Waals surface area contributed by atoms with Crippen LogP contribution in [0.2, 0.25) is 0 Å². The van der Waals surface area contributed by atoms with Crippen LogP contribution in [0.4, 0.5) is 13.2 Å². The third-order valence-electron chi connectivity index (χ3n) is 0.927. The summed E-state index contributed by atoms with van der Waals surface area (Å²) in [5.41, 5.74) is 0. The largest absolute Gasteiger partial charge is 0.855 e. The van der Waals surface area contributed by atoms with Gasteiger partial charge in [0.15, 0.2) is 0 Å². The van der Waals surface area contributed by atoms with E-state index in [1.165, 1.54) is 6.92 Å². The molecular weight excluding hydrogens is 211 g/mol. The van der Waals surface area contributed by atoms with Crippen molar-refractivity contribution in [2.24, 2.45) is 4.40 Å². The van der Waals surface area contributed by atoms with E-state index in [-0.39, 0.29) is 6.42 Å². The molecule has 0 aromatic heterocycles. The normalized spacial score (nSPS) is 14.6. The molecule has 0 aromatic carbocycles. The van der Waals surface area contributed by atoms with Gasteiger partial charge in [-0.15, -0.1) is 0 Å². The van der Waals surface area contributed by atoms with Crippen LogP contribution in [-0.4, -0.2) is 26.2 Å². The summed E-state index contributed by atoms with van der Waals surface area (Å²) in [6.07, 6.45) is -5.11. The van der Waals surface area contributed by atoms with Crippen LogP contribution in [0.3, 0.4) is 0 Å². The molecule has 0 N–H and O–H groups in total. The van der Waals surface area contributed by atoms with Gasteiger partial charge in [-0.25, -0.2) is 8.42 Å². The summed E-state index contributed by atoms with van der Waals surface area (Å²) in [5, 5.41) is 10.1. The molecule has 0 aliphatic heterocycles. The second kappa shape index (κ2) is 3.95. The van der Waals surface area contributed by atoms with Gasteiger partial charge < -0.3 is 5.11 Å². The Kier molecular flexibility index (Phi) is 3.71. The van der Waals surface area contributed by atoms with Gasteiger partial charge in [0, 0.05) is 0 Å². The minimum absolute atomic E-state index is 0.108. The van der Waals surface area contributed by atoms with Crippen molar-refractivity contribution in [2.75, 3.05) is 5.75 Å². The van der Waals surface area contributed by atoms with Crippen LogP contribution in [0.1, 0.15) is 13.3 Å². The van der Waals surface area contributed by atoms with E-state index in [1.54, 1.807) is 0 Å². The van der Waals surface area contributed by atoms with E-state index in [0.717, 1.165) is 0 Å². The first-order valence-electron chi connectivity index (χ1n) is 3.26. The molecule has 0 amide bonds. The number of sulfonamides is 1. The number of nitrogens with zero attached hydrogens (tertiary/aromatic N) is 1. The molecule has 0 spiro atoms. The predicted octanol–water partition coefficient (Wildman–Crippen LogP) is 0.0473.